The number of nitrogens with zero attached hydrogens (tertiary/aromatic N) is 1. The zero-order chi connectivity index (χ0) is 11.3. The van der Waals surface area contributed by atoms with Crippen LogP contribution in [0.15, 0.2) is 11.8 Å². The summed E-state index contributed by atoms with van der Waals surface area (Å²) >= 11 is 0. The summed E-state index contributed by atoms with van der Waals surface area (Å²) in [4.78, 5) is 24.0. The van der Waals surface area contributed by atoms with Crippen molar-refractivity contribution >= 4 is 11.9 Å². The molecule has 5 nitrogen and oxygen atoms in total. The van der Waals surface area contributed by atoms with Crippen LogP contribution in [0.5, 0.6) is 0 Å². The molecular weight excluding hydrogens is 198 g/mol. The number of esters is 1. The smallest absolute Gasteiger partial charge is 0.335 e. The van der Waals surface area contributed by atoms with Crippen LogP contribution in [0.1, 0.15) is 19.8 Å². The van der Waals surface area contributed by atoms with Crippen molar-refractivity contribution < 1.29 is 19.4 Å². The maximum absolute atomic E-state index is 11.3. The summed E-state index contributed by atoms with van der Waals surface area (Å²) < 4.78 is 4.70. The van der Waals surface area contributed by atoms with Gasteiger partial charge in [0.25, 0.3) is 0 Å². The van der Waals surface area contributed by atoms with Gasteiger partial charge in [-0.2, -0.15) is 0 Å². The van der Waals surface area contributed by atoms with E-state index in [9.17, 15) is 9.59 Å². The number of carbonyl (C=O) groups excluding carboxylic acids is 2. The Morgan fingerprint density at radius 1 is 1.67 bits per heavy atom. The van der Waals surface area contributed by atoms with Crippen molar-refractivity contribution in [2.45, 2.75) is 19.8 Å². The van der Waals surface area contributed by atoms with Crippen LogP contribution in [0.4, 0.5) is 0 Å². The van der Waals surface area contributed by atoms with Crippen LogP contribution in [0, 0.1) is 0 Å². The maximum Gasteiger partial charge on any atom is 0.335 e. The van der Waals surface area contributed by atoms with Crippen molar-refractivity contribution in [3.63, 3.8) is 0 Å². The molecule has 1 N–H and O–H groups in total. The SMILES string of the molecule is CC(=CN1CCCC1=O)C(=O)OCCO. The summed E-state index contributed by atoms with van der Waals surface area (Å²) in [7, 11) is 0. The zero-order valence-corrected chi connectivity index (χ0v) is 8.73. The summed E-state index contributed by atoms with van der Waals surface area (Å²) in [6.07, 6.45) is 2.87. The highest BCUT2D eigenvalue weighted by molar-refractivity contribution is 5.89. The fourth-order valence-corrected chi connectivity index (χ4v) is 1.34. The van der Waals surface area contributed by atoms with Gasteiger partial charge in [0.15, 0.2) is 0 Å². The predicted molar refractivity (Wildman–Crippen MR) is 52.7 cm³/mol. The molecule has 0 saturated carbocycles. The molecule has 0 radical (unpaired) electrons. The van der Waals surface area contributed by atoms with Crippen LogP contribution >= 0.6 is 0 Å². The van der Waals surface area contributed by atoms with E-state index in [0.29, 0.717) is 18.5 Å². The Morgan fingerprint density at radius 3 is 2.93 bits per heavy atom. The predicted octanol–water partition coefficient (Wildman–Crippen LogP) is 0.0481. The molecule has 0 bridgehead atoms. The molecule has 1 heterocycles. The number of aliphatic hydroxyl groups is 1. The third kappa shape index (κ3) is 3.36. The van der Waals surface area contributed by atoms with E-state index in [-0.39, 0.29) is 19.1 Å². The maximum atomic E-state index is 11.3. The van der Waals surface area contributed by atoms with Gasteiger partial charge < -0.3 is 14.7 Å². The largest absolute Gasteiger partial charge is 0.460 e. The fourth-order valence-electron chi connectivity index (χ4n) is 1.34. The first-order valence-electron chi connectivity index (χ1n) is 4.91. The summed E-state index contributed by atoms with van der Waals surface area (Å²) in [6.45, 7) is 2.04. The molecule has 0 aromatic rings. The van der Waals surface area contributed by atoms with E-state index in [1.165, 1.54) is 11.1 Å². The summed E-state index contributed by atoms with van der Waals surface area (Å²) in [5.74, 6) is -0.465. The number of ether oxygens (including phenoxy) is 1. The molecule has 0 spiro atoms. The highest BCUT2D eigenvalue weighted by atomic mass is 16.5. The van der Waals surface area contributed by atoms with Gasteiger partial charge in [-0.25, -0.2) is 4.79 Å². The number of likely N-dealkylation sites (tertiary alicyclic amines) is 1. The van der Waals surface area contributed by atoms with E-state index >= 15 is 0 Å². The molecule has 0 aromatic heterocycles. The Labute approximate surface area is 88.3 Å². The Bertz CT molecular complexity index is 285. The van der Waals surface area contributed by atoms with Crippen molar-refractivity contribution in [3.8, 4) is 0 Å². The number of carbonyl (C=O) groups is 2. The van der Waals surface area contributed by atoms with E-state index in [1.807, 2.05) is 0 Å². The number of aliphatic hydroxyl groups excluding tert-OH is 1. The van der Waals surface area contributed by atoms with Crippen molar-refractivity contribution in [1.29, 1.82) is 0 Å². The van der Waals surface area contributed by atoms with Gasteiger partial charge in [-0.3, -0.25) is 4.79 Å². The zero-order valence-electron chi connectivity index (χ0n) is 8.73. The lowest BCUT2D eigenvalue weighted by molar-refractivity contribution is -0.140. The second-order valence-corrected chi connectivity index (χ2v) is 3.36. The molecule has 0 unspecified atom stereocenters. The Morgan fingerprint density at radius 2 is 2.40 bits per heavy atom. The normalized spacial score (nSPS) is 17.1. The Kier molecular flexibility index (Phi) is 4.30. The number of amides is 1. The van der Waals surface area contributed by atoms with Gasteiger partial charge in [0.05, 0.1) is 12.2 Å². The highest BCUT2D eigenvalue weighted by Gasteiger charge is 2.19. The van der Waals surface area contributed by atoms with E-state index in [4.69, 9.17) is 9.84 Å². The third-order valence-corrected chi connectivity index (χ3v) is 2.11. The Hall–Kier alpha value is -1.36. The molecule has 0 aromatic carbocycles. The lowest BCUT2D eigenvalue weighted by Crippen LogP contribution is -2.20. The molecule has 1 amide bonds. The molecule has 5 heteroatoms. The quantitative estimate of drug-likeness (QED) is 0.529. The van der Waals surface area contributed by atoms with Gasteiger partial charge in [0.2, 0.25) is 5.91 Å². The molecule has 1 rings (SSSR count). The lowest BCUT2D eigenvalue weighted by Gasteiger charge is -2.10. The highest BCUT2D eigenvalue weighted by Crippen LogP contribution is 2.11. The van der Waals surface area contributed by atoms with E-state index in [1.54, 1.807) is 6.92 Å². The van der Waals surface area contributed by atoms with E-state index in [2.05, 4.69) is 0 Å². The monoisotopic (exact) mass is 213 g/mol. The topological polar surface area (TPSA) is 66.8 Å². The second kappa shape index (κ2) is 5.50. The molecular formula is C10H15NO4. The van der Waals surface area contributed by atoms with Crippen LogP contribution in [0.3, 0.4) is 0 Å². The number of hydrogen-bond donors (Lipinski definition) is 1. The van der Waals surface area contributed by atoms with Crippen LogP contribution in [-0.4, -0.2) is 41.6 Å². The average molecular weight is 213 g/mol. The molecule has 0 atom stereocenters. The molecule has 1 aliphatic rings. The van der Waals surface area contributed by atoms with Gasteiger partial charge in [-0.05, 0) is 13.3 Å². The summed E-state index contributed by atoms with van der Waals surface area (Å²) in [5, 5.41) is 8.46. The van der Waals surface area contributed by atoms with Crippen LogP contribution in [0.25, 0.3) is 0 Å². The van der Waals surface area contributed by atoms with Crippen molar-refractivity contribution in [2.24, 2.45) is 0 Å². The molecule has 0 aliphatic carbocycles. The van der Waals surface area contributed by atoms with Gasteiger partial charge in [-0.15, -0.1) is 0 Å². The molecule has 1 fully saturated rings. The number of hydrogen-bond acceptors (Lipinski definition) is 4. The standard InChI is InChI=1S/C10H15NO4/c1-8(10(14)15-6-5-12)7-11-4-2-3-9(11)13/h7,12H,2-6H2,1H3. The first-order chi connectivity index (χ1) is 7.15. The third-order valence-electron chi connectivity index (χ3n) is 2.11. The van der Waals surface area contributed by atoms with Gasteiger partial charge >= 0.3 is 5.97 Å². The minimum Gasteiger partial charge on any atom is -0.460 e. The Balaban J connectivity index is 2.50. The van der Waals surface area contributed by atoms with Crippen LogP contribution < -0.4 is 0 Å². The van der Waals surface area contributed by atoms with Gasteiger partial charge in [0, 0.05) is 19.2 Å². The molecule has 15 heavy (non-hydrogen) atoms. The molecule has 1 aliphatic heterocycles. The van der Waals surface area contributed by atoms with E-state index in [0.717, 1.165) is 6.42 Å². The molecule has 84 valence electrons. The van der Waals surface area contributed by atoms with Gasteiger partial charge in [-0.1, -0.05) is 0 Å². The van der Waals surface area contributed by atoms with Crippen molar-refractivity contribution in [3.05, 3.63) is 11.8 Å². The minimum atomic E-state index is -0.497. The van der Waals surface area contributed by atoms with E-state index < -0.39 is 5.97 Å². The minimum absolute atomic E-state index is 0.0159. The van der Waals surface area contributed by atoms with Crippen LogP contribution in [-0.2, 0) is 14.3 Å². The number of rotatable bonds is 4. The van der Waals surface area contributed by atoms with Crippen molar-refractivity contribution in [1.82, 2.24) is 4.90 Å². The first-order valence-corrected chi connectivity index (χ1v) is 4.91. The molecule has 1 saturated heterocycles. The van der Waals surface area contributed by atoms with Crippen LogP contribution in [0.2, 0.25) is 0 Å². The first kappa shape index (κ1) is 11.7. The second-order valence-electron chi connectivity index (χ2n) is 3.36. The summed E-state index contributed by atoms with van der Waals surface area (Å²) in [5.41, 5.74) is 0.374. The van der Waals surface area contributed by atoms with Gasteiger partial charge in [0.1, 0.15) is 6.61 Å². The van der Waals surface area contributed by atoms with Crippen molar-refractivity contribution in [2.75, 3.05) is 19.8 Å². The summed E-state index contributed by atoms with van der Waals surface area (Å²) in [6, 6.07) is 0. The fraction of sp³-hybridized carbons (Fsp3) is 0.600. The average Bonchev–Trinajstić information content (AvgIpc) is 2.61. The lowest BCUT2D eigenvalue weighted by atomic mass is 10.3.